The van der Waals surface area contributed by atoms with Gasteiger partial charge in [0.1, 0.15) is 5.82 Å². The first-order valence-electron chi connectivity index (χ1n) is 5.30. The van der Waals surface area contributed by atoms with Crippen LogP contribution in [0.4, 0.5) is 10.1 Å². The molecule has 1 amide bonds. The van der Waals surface area contributed by atoms with Crippen LogP contribution in [0.25, 0.3) is 0 Å². The van der Waals surface area contributed by atoms with E-state index in [1.807, 2.05) is 28.7 Å². The Morgan fingerprint density at radius 3 is 2.83 bits per heavy atom. The van der Waals surface area contributed by atoms with Crippen LogP contribution in [-0.2, 0) is 11.2 Å². The van der Waals surface area contributed by atoms with Crippen molar-refractivity contribution >= 4 is 34.2 Å². The van der Waals surface area contributed by atoms with Crippen molar-refractivity contribution in [3.8, 4) is 0 Å². The zero-order chi connectivity index (χ0) is 13.0. The Morgan fingerprint density at radius 2 is 2.17 bits per heavy atom. The molecule has 0 unspecified atom stereocenters. The Kier molecular flexibility index (Phi) is 4.24. The van der Waals surface area contributed by atoms with Gasteiger partial charge in [0.05, 0.1) is 12.1 Å². The maximum Gasteiger partial charge on any atom is 0.230 e. The lowest BCUT2D eigenvalue weighted by Gasteiger charge is -2.07. The molecule has 0 aliphatic rings. The van der Waals surface area contributed by atoms with Crippen LogP contribution in [0.15, 0.2) is 42.6 Å². The van der Waals surface area contributed by atoms with Crippen molar-refractivity contribution in [1.82, 2.24) is 4.98 Å². The molecule has 18 heavy (non-hydrogen) atoms. The van der Waals surface area contributed by atoms with Gasteiger partial charge in [0.15, 0.2) is 0 Å². The summed E-state index contributed by atoms with van der Waals surface area (Å²) < 4.78 is 13.6. The van der Waals surface area contributed by atoms with E-state index in [4.69, 9.17) is 0 Å². The van der Waals surface area contributed by atoms with E-state index in [2.05, 4.69) is 10.3 Å². The summed E-state index contributed by atoms with van der Waals surface area (Å²) >= 11 is 1.98. The Morgan fingerprint density at radius 1 is 1.33 bits per heavy atom. The predicted octanol–water partition coefficient (Wildman–Crippen LogP) is 3.01. The number of nitrogens with one attached hydrogen (secondary N) is 1. The maximum absolute atomic E-state index is 12.9. The molecule has 1 aromatic carbocycles. The van der Waals surface area contributed by atoms with Crippen LogP contribution in [-0.4, -0.2) is 10.9 Å². The van der Waals surface area contributed by atoms with Gasteiger partial charge in [-0.3, -0.25) is 9.78 Å². The van der Waals surface area contributed by atoms with Crippen molar-refractivity contribution in [3.63, 3.8) is 0 Å². The molecule has 0 spiro atoms. The SMILES string of the molecule is O=C(Cc1ccccn1)Nc1ccc(F)cc1I. The molecule has 0 atom stereocenters. The fourth-order valence-electron chi connectivity index (χ4n) is 1.45. The number of pyridine rings is 1. The summed E-state index contributed by atoms with van der Waals surface area (Å²) in [7, 11) is 0. The van der Waals surface area contributed by atoms with Crippen molar-refractivity contribution in [3.05, 3.63) is 57.7 Å². The molecule has 0 aliphatic heterocycles. The number of carbonyl (C=O) groups excluding carboxylic acids is 1. The molecule has 0 bridgehead atoms. The second-order valence-electron chi connectivity index (χ2n) is 3.67. The van der Waals surface area contributed by atoms with Crippen molar-refractivity contribution < 1.29 is 9.18 Å². The minimum Gasteiger partial charge on any atom is -0.325 e. The smallest absolute Gasteiger partial charge is 0.230 e. The molecular weight excluding hydrogens is 346 g/mol. The third-order valence-corrected chi connectivity index (χ3v) is 3.17. The van der Waals surface area contributed by atoms with Crippen LogP contribution in [0.1, 0.15) is 5.69 Å². The van der Waals surface area contributed by atoms with Gasteiger partial charge in [-0.05, 0) is 52.9 Å². The Balaban J connectivity index is 2.03. The highest BCUT2D eigenvalue weighted by molar-refractivity contribution is 14.1. The highest BCUT2D eigenvalue weighted by Gasteiger charge is 2.07. The van der Waals surface area contributed by atoms with E-state index >= 15 is 0 Å². The summed E-state index contributed by atoms with van der Waals surface area (Å²) in [6.07, 6.45) is 1.85. The number of hydrogen-bond acceptors (Lipinski definition) is 2. The molecule has 5 heteroatoms. The lowest BCUT2D eigenvalue weighted by atomic mass is 10.2. The number of carbonyl (C=O) groups is 1. The molecule has 92 valence electrons. The molecule has 0 fully saturated rings. The number of rotatable bonds is 3. The fourth-order valence-corrected chi connectivity index (χ4v) is 2.06. The monoisotopic (exact) mass is 356 g/mol. The molecule has 1 heterocycles. The summed E-state index contributed by atoms with van der Waals surface area (Å²) in [6, 6.07) is 9.65. The number of hydrogen-bond donors (Lipinski definition) is 1. The van der Waals surface area contributed by atoms with Crippen LogP contribution < -0.4 is 5.32 Å². The van der Waals surface area contributed by atoms with E-state index in [1.165, 1.54) is 12.1 Å². The summed E-state index contributed by atoms with van der Waals surface area (Å²) in [4.78, 5) is 15.8. The highest BCUT2D eigenvalue weighted by atomic mass is 127. The number of nitrogens with zero attached hydrogens (tertiary/aromatic N) is 1. The first kappa shape index (κ1) is 12.9. The average Bonchev–Trinajstić information content (AvgIpc) is 2.34. The zero-order valence-electron chi connectivity index (χ0n) is 9.36. The van der Waals surface area contributed by atoms with E-state index in [9.17, 15) is 9.18 Å². The normalized spacial score (nSPS) is 10.1. The number of amides is 1. The van der Waals surface area contributed by atoms with E-state index in [0.717, 1.165) is 0 Å². The van der Waals surface area contributed by atoms with Gasteiger partial charge in [0.25, 0.3) is 0 Å². The van der Waals surface area contributed by atoms with Crippen LogP contribution in [0.5, 0.6) is 0 Å². The van der Waals surface area contributed by atoms with Gasteiger partial charge in [-0.15, -0.1) is 0 Å². The Bertz CT molecular complexity index is 560. The van der Waals surface area contributed by atoms with Gasteiger partial charge < -0.3 is 5.32 Å². The lowest BCUT2D eigenvalue weighted by Crippen LogP contribution is -2.15. The quantitative estimate of drug-likeness (QED) is 0.860. The number of aromatic nitrogens is 1. The van der Waals surface area contributed by atoms with Crippen molar-refractivity contribution in [2.45, 2.75) is 6.42 Å². The minimum atomic E-state index is -0.317. The van der Waals surface area contributed by atoms with Crippen LogP contribution >= 0.6 is 22.6 Å². The van der Waals surface area contributed by atoms with E-state index < -0.39 is 0 Å². The first-order valence-corrected chi connectivity index (χ1v) is 6.38. The molecule has 0 saturated carbocycles. The summed E-state index contributed by atoms with van der Waals surface area (Å²) in [6.45, 7) is 0. The van der Waals surface area contributed by atoms with Crippen LogP contribution in [0.3, 0.4) is 0 Å². The second kappa shape index (κ2) is 5.90. The average molecular weight is 356 g/mol. The van der Waals surface area contributed by atoms with Crippen molar-refractivity contribution in [1.29, 1.82) is 0 Å². The summed E-state index contributed by atoms with van der Waals surface area (Å²) in [5, 5.41) is 2.73. The van der Waals surface area contributed by atoms with Crippen molar-refractivity contribution in [2.75, 3.05) is 5.32 Å². The molecule has 0 radical (unpaired) electrons. The van der Waals surface area contributed by atoms with Gasteiger partial charge in [0, 0.05) is 15.5 Å². The molecule has 1 aromatic heterocycles. The lowest BCUT2D eigenvalue weighted by molar-refractivity contribution is -0.115. The molecule has 2 rings (SSSR count). The molecular formula is C13H10FIN2O. The highest BCUT2D eigenvalue weighted by Crippen LogP contribution is 2.19. The number of halogens is 2. The first-order chi connectivity index (χ1) is 8.65. The summed E-state index contributed by atoms with van der Waals surface area (Å²) in [5.41, 5.74) is 1.31. The fraction of sp³-hybridized carbons (Fsp3) is 0.0769. The number of benzene rings is 1. The largest absolute Gasteiger partial charge is 0.325 e. The molecule has 3 nitrogen and oxygen atoms in total. The minimum absolute atomic E-state index is 0.168. The molecule has 0 saturated heterocycles. The number of anilines is 1. The Hall–Kier alpha value is -1.50. The van der Waals surface area contributed by atoms with Gasteiger partial charge in [0.2, 0.25) is 5.91 Å². The van der Waals surface area contributed by atoms with E-state index in [1.54, 1.807) is 24.4 Å². The topological polar surface area (TPSA) is 42.0 Å². The van der Waals surface area contributed by atoms with Crippen LogP contribution in [0.2, 0.25) is 0 Å². The summed E-state index contributed by atoms with van der Waals surface area (Å²) in [5.74, 6) is -0.486. The van der Waals surface area contributed by atoms with Gasteiger partial charge in [-0.2, -0.15) is 0 Å². The standard InChI is InChI=1S/C13H10FIN2O/c14-9-4-5-12(11(15)7-9)17-13(18)8-10-3-1-2-6-16-10/h1-7H,8H2,(H,17,18). The van der Waals surface area contributed by atoms with Gasteiger partial charge >= 0.3 is 0 Å². The zero-order valence-corrected chi connectivity index (χ0v) is 11.5. The predicted molar refractivity (Wildman–Crippen MR) is 75.7 cm³/mol. The van der Waals surface area contributed by atoms with E-state index in [0.29, 0.717) is 15.0 Å². The Labute approximate surface area is 118 Å². The third kappa shape index (κ3) is 3.49. The molecule has 2 aromatic rings. The van der Waals surface area contributed by atoms with E-state index in [-0.39, 0.29) is 18.1 Å². The third-order valence-electron chi connectivity index (χ3n) is 2.27. The van der Waals surface area contributed by atoms with Crippen molar-refractivity contribution in [2.24, 2.45) is 0 Å². The molecule has 1 N–H and O–H groups in total. The van der Waals surface area contributed by atoms with Gasteiger partial charge in [-0.25, -0.2) is 4.39 Å². The molecule has 0 aliphatic carbocycles. The second-order valence-corrected chi connectivity index (χ2v) is 4.83. The van der Waals surface area contributed by atoms with Crippen LogP contribution in [0, 0.1) is 9.39 Å². The maximum atomic E-state index is 12.9. The van der Waals surface area contributed by atoms with Gasteiger partial charge in [-0.1, -0.05) is 6.07 Å².